The molecule has 106 valence electrons. The second-order valence-electron chi connectivity index (χ2n) is 4.47. The number of aryl methyl sites for hydroxylation is 2. The molecule has 0 bridgehead atoms. The number of halogens is 1. The Morgan fingerprint density at radius 2 is 2.20 bits per heavy atom. The van der Waals surface area contributed by atoms with E-state index < -0.39 is 0 Å². The fraction of sp³-hybridized carbons (Fsp3) is 0.286. The molecule has 0 aliphatic rings. The van der Waals surface area contributed by atoms with Crippen LogP contribution >= 0.6 is 23.1 Å². The van der Waals surface area contributed by atoms with Crippen LogP contribution in [0.3, 0.4) is 0 Å². The predicted molar refractivity (Wildman–Crippen MR) is 81.9 cm³/mol. The van der Waals surface area contributed by atoms with E-state index in [2.05, 4.69) is 10.3 Å². The van der Waals surface area contributed by atoms with Gasteiger partial charge in [-0.1, -0.05) is 17.8 Å². The Kier molecular flexibility index (Phi) is 4.77. The lowest BCUT2D eigenvalue weighted by atomic mass is 10.2. The van der Waals surface area contributed by atoms with Crippen molar-refractivity contribution in [2.24, 2.45) is 0 Å². The number of nitrogens with one attached hydrogen (secondary N) is 1. The molecule has 0 aliphatic heterocycles. The van der Waals surface area contributed by atoms with Crippen LogP contribution in [0.25, 0.3) is 0 Å². The number of thiazole rings is 1. The lowest BCUT2D eigenvalue weighted by Crippen LogP contribution is -2.22. The number of amides is 1. The molecule has 0 fully saturated rings. The standard InChI is InChI=1S/C14H15FN2OS2/c1-8-4-5-11(6-12(8)15)17-13(18)10(3)20-14-16-9(2)7-19-14/h4-7,10H,1-3H3,(H,17,18)/t10-/m0/s1. The first kappa shape index (κ1) is 15.0. The van der Waals surface area contributed by atoms with Crippen molar-refractivity contribution in [1.29, 1.82) is 0 Å². The number of benzene rings is 1. The van der Waals surface area contributed by atoms with Crippen LogP contribution in [0.1, 0.15) is 18.2 Å². The Morgan fingerprint density at radius 3 is 2.80 bits per heavy atom. The molecule has 2 rings (SSSR count). The van der Waals surface area contributed by atoms with Gasteiger partial charge in [0.25, 0.3) is 0 Å². The summed E-state index contributed by atoms with van der Waals surface area (Å²) in [6.07, 6.45) is 0. The van der Waals surface area contributed by atoms with Gasteiger partial charge in [-0.05, 0) is 38.5 Å². The number of nitrogens with zero attached hydrogens (tertiary/aromatic N) is 1. The third kappa shape index (κ3) is 3.80. The minimum atomic E-state index is -0.321. The van der Waals surface area contributed by atoms with Gasteiger partial charge in [0.2, 0.25) is 5.91 Å². The molecule has 0 saturated carbocycles. The van der Waals surface area contributed by atoms with Crippen molar-refractivity contribution in [2.75, 3.05) is 5.32 Å². The van der Waals surface area contributed by atoms with Gasteiger partial charge in [0.15, 0.2) is 4.34 Å². The third-order valence-corrected chi connectivity index (χ3v) is 4.87. The number of hydrogen-bond donors (Lipinski definition) is 1. The molecule has 1 amide bonds. The fourth-order valence-electron chi connectivity index (χ4n) is 1.51. The highest BCUT2D eigenvalue weighted by molar-refractivity contribution is 8.02. The van der Waals surface area contributed by atoms with E-state index in [1.165, 1.54) is 29.2 Å². The average molecular weight is 310 g/mol. The van der Waals surface area contributed by atoms with E-state index in [0.717, 1.165) is 10.0 Å². The monoisotopic (exact) mass is 310 g/mol. The minimum Gasteiger partial charge on any atom is -0.325 e. The topological polar surface area (TPSA) is 42.0 Å². The summed E-state index contributed by atoms with van der Waals surface area (Å²) < 4.78 is 14.3. The molecule has 0 spiro atoms. The van der Waals surface area contributed by atoms with Gasteiger partial charge >= 0.3 is 0 Å². The second kappa shape index (κ2) is 6.37. The van der Waals surface area contributed by atoms with Crippen molar-refractivity contribution >= 4 is 34.7 Å². The van der Waals surface area contributed by atoms with Gasteiger partial charge < -0.3 is 5.32 Å². The van der Waals surface area contributed by atoms with E-state index in [4.69, 9.17) is 0 Å². The molecule has 0 radical (unpaired) electrons. The zero-order valence-electron chi connectivity index (χ0n) is 11.4. The average Bonchev–Trinajstić information content (AvgIpc) is 2.79. The van der Waals surface area contributed by atoms with Crippen LogP contribution in [0.15, 0.2) is 27.9 Å². The van der Waals surface area contributed by atoms with Gasteiger partial charge in [-0.3, -0.25) is 4.79 Å². The summed E-state index contributed by atoms with van der Waals surface area (Å²) in [6, 6.07) is 4.67. The molecule has 0 aliphatic carbocycles. The quantitative estimate of drug-likeness (QED) is 0.867. The SMILES string of the molecule is Cc1csc(S[C@@H](C)C(=O)Nc2ccc(C)c(F)c2)n1. The highest BCUT2D eigenvalue weighted by Gasteiger charge is 2.16. The van der Waals surface area contributed by atoms with E-state index in [9.17, 15) is 9.18 Å². The van der Waals surface area contributed by atoms with Crippen LogP contribution < -0.4 is 5.32 Å². The van der Waals surface area contributed by atoms with Crippen LogP contribution in [-0.2, 0) is 4.79 Å². The molecule has 6 heteroatoms. The van der Waals surface area contributed by atoms with Crippen molar-refractivity contribution in [2.45, 2.75) is 30.4 Å². The van der Waals surface area contributed by atoms with Crippen molar-refractivity contribution in [3.05, 3.63) is 40.7 Å². The number of carbonyl (C=O) groups is 1. The van der Waals surface area contributed by atoms with Crippen molar-refractivity contribution in [3.8, 4) is 0 Å². The van der Waals surface area contributed by atoms with Crippen LogP contribution in [0.2, 0.25) is 0 Å². The maximum atomic E-state index is 13.4. The first-order valence-corrected chi connectivity index (χ1v) is 7.87. The van der Waals surface area contributed by atoms with Gasteiger partial charge in [-0.2, -0.15) is 0 Å². The second-order valence-corrected chi connectivity index (χ2v) is 6.91. The molecule has 2 aromatic rings. The van der Waals surface area contributed by atoms with E-state index in [1.54, 1.807) is 26.0 Å². The van der Waals surface area contributed by atoms with Gasteiger partial charge in [-0.15, -0.1) is 11.3 Å². The number of aromatic nitrogens is 1. The highest BCUT2D eigenvalue weighted by atomic mass is 32.2. The van der Waals surface area contributed by atoms with Crippen LogP contribution in [-0.4, -0.2) is 16.1 Å². The Morgan fingerprint density at radius 1 is 1.45 bits per heavy atom. The van der Waals surface area contributed by atoms with Crippen LogP contribution in [0.5, 0.6) is 0 Å². The van der Waals surface area contributed by atoms with Crippen molar-refractivity contribution < 1.29 is 9.18 Å². The number of rotatable bonds is 4. The number of carbonyl (C=O) groups excluding carboxylic acids is 1. The molecule has 1 N–H and O–H groups in total. The molecule has 1 heterocycles. The zero-order chi connectivity index (χ0) is 14.7. The van der Waals surface area contributed by atoms with Gasteiger partial charge in [0.1, 0.15) is 5.82 Å². The normalized spacial score (nSPS) is 12.2. The molecule has 0 saturated heterocycles. The predicted octanol–water partition coefficient (Wildman–Crippen LogP) is 4.02. The molecule has 0 unspecified atom stereocenters. The molecular weight excluding hydrogens is 295 g/mol. The van der Waals surface area contributed by atoms with Gasteiger partial charge in [0.05, 0.1) is 5.25 Å². The summed E-state index contributed by atoms with van der Waals surface area (Å²) in [5.74, 6) is -0.482. The van der Waals surface area contributed by atoms with Crippen molar-refractivity contribution in [1.82, 2.24) is 4.98 Å². The summed E-state index contributed by atoms with van der Waals surface area (Å²) >= 11 is 2.92. The zero-order valence-corrected chi connectivity index (χ0v) is 13.1. The summed E-state index contributed by atoms with van der Waals surface area (Å²) in [5.41, 5.74) is 1.98. The molecule has 1 atom stereocenters. The molecule has 20 heavy (non-hydrogen) atoms. The van der Waals surface area contributed by atoms with E-state index >= 15 is 0 Å². The number of hydrogen-bond acceptors (Lipinski definition) is 4. The van der Waals surface area contributed by atoms with Crippen LogP contribution in [0.4, 0.5) is 10.1 Å². The maximum Gasteiger partial charge on any atom is 0.237 e. The summed E-state index contributed by atoms with van der Waals surface area (Å²) in [5, 5.41) is 4.37. The highest BCUT2D eigenvalue weighted by Crippen LogP contribution is 2.27. The lowest BCUT2D eigenvalue weighted by molar-refractivity contribution is -0.115. The maximum absolute atomic E-state index is 13.4. The Labute approximate surface area is 125 Å². The number of anilines is 1. The summed E-state index contributed by atoms with van der Waals surface area (Å²) in [4.78, 5) is 16.3. The summed E-state index contributed by atoms with van der Waals surface area (Å²) in [7, 11) is 0. The molecule has 1 aromatic heterocycles. The molecule has 3 nitrogen and oxygen atoms in total. The lowest BCUT2D eigenvalue weighted by Gasteiger charge is -2.11. The van der Waals surface area contributed by atoms with Gasteiger partial charge in [0, 0.05) is 16.8 Å². The Hall–Kier alpha value is -1.40. The number of thioether (sulfide) groups is 1. The van der Waals surface area contributed by atoms with Crippen LogP contribution in [0, 0.1) is 19.7 Å². The Balaban J connectivity index is 1.98. The molecular formula is C14H15FN2OS2. The minimum absolute atomic E-state index is 0.161. The fourth-order valence-corrected chi connectivity index (χ4v) is 3.49. The smallest absolute Gasteiger partial charge is 0.237 e. The van der Waals surface area contributed by atoms with E-state index in [1.807, 2.05) is 12.3 Å². The first-order valence-electron chi connectivity index (χ1n) is 6.11. The Bertz CT molecular complexity index is 627. The van der Waals surface area contributed by atoms with Gasteiger partial charge in [-0.25, -0.2) is 9.37 Å². The summed E-state index contributed by atoms with van der Waals surface area (Å²) in [6.45, 7) is 5.41. The van der Waals surface area contributed by atoms with E-state index in [-0.39, 0.29) is 17.0 Å². The molecule has 1 aromatic carbocycles. The third-order valence-electron chi connectivity index (χ3n) is 2.68. The van der Waals surface area contributed by atoms with E-state index in [0.29, 0.717) is 11.3 Å². The van der Waals surface area contributed by atoms with Crippen molar-refractivity contribution in [3.63, 3.8) is 0 Å². The first-order chi connectivity index (χ1) is 9.45. The largest absolute Gasteiger partial charge is 0.325 e.